The zero-order valence-electron chi connectivity index (χ0n) is 11.8. The quantitative estimate of drug-likeness (QED) is 0.823. The lowest BCUT2D eigenvalue weighted by atomic mass is 10.1. The third-order valence-electron chi connectivity index (χ3n) is 3.49. The molecule has 5 heteroatoms. The van der Waals surface area contributed by atoms with E-state index in [0.717, 1.165) is 6.42 Å². The number of nitrogens with zero attached hydrogens (tertiary/aromatic N) is 1. The molecule has 2 rings (SSSR count). The minimum Gasteiger partial charge on any atom is -0.354 e. The maximum Gasteiger partial charge on any atom is 0.238 e. The van der Waals surface area contributed by atoms with Gasteiger partial charge in [0.15, 0.2) is 0 Å². The van der Waals surface area contributed by atoms with Crippen LogP contribution in [0.5, 0.6) is 0 Å². The Morgan fingerprint density at radius 2 is 2.10 bits per heavy atom. The van der Waals surface area contributed by atoms with Crippen molar-refractivity contribution in [1.82, 2.24) is 15.5 Å². The second-order valence-corrected chi connectivity index (χ2v) is 5.00. The molecular formula is C15H21N3O2. The van der Waals surface area contributed by atoms with E-state index < -0.39 is 0 Å². The maximum absolute atomic E-state index is 12.0. The van der Waals surface area contributed by atoms with Gasteiger partial charge in [0.25, 0.3) is 0 Å². The summed E-state index contributed by atoms with van der Waals surface area (Å²) in [5, 5.41) is 6.07. The zero-order valence-corrected chi connectivity index (χ0v) is 11.8. The molecule has 5 nitrogen and oxygen atoms in total. The van der Waals surface area contributed by atoms with Crippen LogP contribution in [-0.2, 0) is 16.0 Å². The Labute approximate surface area is 119 Å². The SMILES string of the molecule is CC(=O)N1CCN[C@@H](C(=O)NCCc2ccccc2)C1. The molecule has 108 valence electrons. The average Bonchev–Trinajstić information content (AvgIpc) is 2.48. The normalized spacial score (nSPS) is 18.6. The van der Waals surface area contributed by atoms with Crippen molar-refractivity contribution in [1.29, 1.82) is 0 Å². The second kappa shape index (κ2) is 7.05. The third kappa shape index (κ3) is 4.06. The van der Waals surface area contributed by atoms with Crippen molar-refractivity contribution in [3.05, 3.63) is 35.9 Å². The van der Waals surface area contributed by atoms with Gasteiger partial charge in [-0.25, -0.2) is 0 Å². The van der Waals surface area contributed by atoms with E-state index in [1.54, 1.807) is 4.90 Å². The highest BCUT2D eigenvalue weighted by Gasteiger charge is 2.26. The molecule has 0 radical (unpaired) electrons. The van der Waals surface area contributed by atoms with Gasteiger partial charge in [0, 0.05) is 33.1 Å². The smallest absolute Gasteiger partial charge is 0.238 e. The highest BCUT2D eigenvalue weighted by molar-refractivity contribution is 5.83. The Bertz CT molecular complexity index is 461. The molecule has 0 spiro atoms. The lowest BCUT2D eigenvalue weighted by molar-refractivity contribution is -0.132. The van der Waals surface area contributed by atoms with Gasteiger partial charge in [-0.3, -0.25) is 9.59 Å². The molecule has 20 heavy (non-hydrogen) atoms. The van der Waals surface area contributed by atoms with Gasteiger partial charge < -0.3 is 15.5 Å². The number of hydrogen-bond acceptors (Lipinski definition) is 3. The minimum absolute atomic E-state index is 0.0218. The van der Waals surface area contributed by atoms with Crippen LogP contribution >= 0.6 is 0 Å². The van der Waals surface area contributed by atoms with Crippen LogP contribution in [0, 0.1) is 0 Å². The van der Waals surface area contributed by atoms with Crippen LogP contribution in [0.3, 0.4) is 0 Å². The highest BCUT2D eigenvalue weighted by atomic mass is 16.2. The first kappa shape index (κ1) is 14.5. The lowest BCUT2D eigenvalue weighted by Crippen LogP contribution is -2.58. The van der Waals surface area contributed by atoms with E-state index in [9.17, 15) is 9.59 Å². The summed E-state index contributed by atoms with van der Waals surface area (Å²) >= 11 is 0. The van der Waals surface area contributed by atoms with E-state index in [0.29, 0.717) is 26.2 Å². The number of carbonyl (C=O) groups excluding carboxylic acids is 2. The Hall–Kier alpha value is -1.88. The molecule has 1 aromatic rings. The predicted octanol–water partition coefficient (Wildman–Crippen LogP) is 0.166. The summed E-state index contributed by atoms with van der Waals surface area (Å²) in [4.78, 5) is 25.1. The van der Waals surface area contributed by atoms with Crippen molar-refractivity contribution in [3.8, 4) is 0 Å². The molecule has 0 saturated carbocycles. The largest absolute Gasteiger partial charge is 0.354 e. The average molecular weight is 275 g/mol. The van der Waals surface area contributed by atoms with Crippen molar-refractivity contribution >= 4 is 11.8 Å². The van der Waals surface area contributed by atoms with Crippen LogP contribution in [-0.4, -0.2) is 48.9 Å². The summed E-state index contributed by atoms with van der Waals surface area (Å²) < 4.78 is 0. The van der Waals surface area contributed by atoms with Gasteiger partial charge in [0.1, 0.15) is 6.04 Å². The molecule has 1 saturated heterocycles. The van der Waals surface area contributed by atoms with Gasteiger partial charge in [0.05, 0.1) is 0 Å². The highest BCUT2D eigenvalue weighted by Crippen LogP contribution is 2.01. The number of nitrogens with one attached hydrogen (secondary N) is 2. The first-order valence-corrected chi connectivity index (χ1v) is 6.97. The number of hydrogen-bond donors (Lipinski definition) is 2. The van der Waals surface area contributed by atoms with Crippen LogP contribution in [0.4, 0.5) is 0 Å². The van der Waals surface area contributed by atoms with Crippen molar-refractivity contribution in [2.45, 2.75) is 19.4 Å². The summed E-state index contributed by atoms with van der Waals surface area (Å²) in [6, 6.07) is 9.74. The predicted molar refractivity (Wildman–Crippen MR) is 77.2 cm³/mol. The fourth-order valence-corrected chi connectivity index (χ4v) is 2.31. The van der Waals surface area contributed by atoms with Crippen molar-refractivity contribution < 1.29 is 9.59 Å². The third-order valence-corrected chi connectivity index (χ3v) is 3.49. The van der Waals surface area contributed by atoms with Gasteiger partial charge in [0.2, 0.25) is 11.8 Å². The van der Waals surface area contributed by atoms with E-state index in [4.69, 9.17) is 0 Å². The summed E-state index contributed by atoms with van der Waals surface area (Å²) in [6.07, 6.45) is 0.815. The summed E-state index contributed by atoms with van der Waals surface area (Å²) in [5.41, 5.74) is 1.20. The number of amides is 2. The molecule has 0 aliphatic carbocycles. The van der Waals surface area contributed by atoms with Gasteiger partial charge in [-0.1, -0.05) is 30.3 Å². The Morgan fingerprint density at radius 3 is 2.80 bits per heavy atom. The minimum atomic E-state index is -0.302. The maximum atomic E-state index is 12.0. The lowest BCUT2D eigenvalue weighted by Gasteiger charge is -2.32. The summed E-state index contributed by atoms with van der Waals surface area (Å²) in [6.45, 7) is 3.93. The van der Waals surface area contributed by atoms with E-state index in [1.165, 1.54) is 12.5 Å². The van der Waals surface area contributed by atoms with Gasteiger partial charge in [-0.2, -0.15) is 0 Å². The first-order chi connectivity index (χ1) is 9.66. The van der Waals surface area contributed by atoms with Gasteiger partial charge in [-0.05, 0) is 12.0 Å². The molecule has 0 bridgehead atoms. The molecule has 1 atom stereocenters. The Balaban J connectivity index is 1.75. The fourth-order valence-electron chi connectivity index (χ4n) is 2.31. The van der Waals surface area contributed by atoms with Crippen molar-refractivity contribution in [3.63, 3.8) is 0 Å². The molecule has 1 aliphatic heterocycles. The molecule has 2 amide bonds. The van der Waals surface area contributed by atoms with E-state index in [2.05, 4.69) is 10.6 Å². The molecule has 1 fully saturated rings. The van der Waals surface area contributed by atoms with E-state index in [1.807, 2.05) is 30.3 Å². The topological polar surface area (TPSA) is 61.4 Å². The fraction of sp³-hybridized carbons (Fsp3) is 0.467. The molecule has 1 aromatic carbocycles. The van der Waals surface area contributed by atoms with Crippen molar-refractivity contribution in [2.75, 3.05) is 26.2 Å². The summed E-state index contributed by atoms with van der Waals surface area (Å²) in [7, 11) is 0. The Kier molecular flexibility index (Phi) is 5.12. The Morgan fingerprint density at radius 1 is 1.35 bits per heavy atom. The van der Waals surface area contributed by atoms with Crippen LogP contribution in [0.25, 0.3) is 0 Å². The molecule has 1 aliphatic rings. The standard InChI is InChI=1S/C15H21N3O2/c1-12(19)18-10-9-16-14(11-18)15(20)17-8-7-13-5-3-2-4-6-13/h2-6,14,16H,7-11H2,1H3,(H,17,20)/t14-/m1/s1. The second-order valence-electron chi connectivity index (χ2n) is 5.00. The molecule has 0 aromatic heterocycles. The van der Waals surface area contributed by atoms with Crippen molar-refractivity contribution in [2.24, 2.45) is 0 Å². The molecule has 0 unspecified atom stereocenters. The van der Waals surface area contributed by atoms with Crippen LogP contribution in [0.15, 0.2) is 30.3 Å². The van der Waals surface area contributed by atoms with E-state index in [-0.39, 0.29) is 17.9 Å². The number of carbonyl (C=O) groups is 2. The monoisotopic (exact) mass is 275 g/mol. The molecule has 2 N–H and O–H groups in total. The van der Waals surface area contributed by atoms with Crippen LogP contribution in [0.2, 0.25) is 0 Å². The van der Waals surface area contributed by atoms with Gasteiger partial charge in [-0.15, -0.1) is 0 Å². The van der Waals surface area contributed by atoms with Crippen LogP contribution in [0.1, 0.15) is 12.5 Å². The number of rotatable bonds is 4. The van der Waals surface area contributed by atoms with Gasteiger partial charge >= 0.3 is 0 Å². The van der Waals surface area contributed by atoms with E-state index >= 15 is 0 Å². The first-order valence-electron chi connectivity index (χ1n) is 6.97. The molecule has 1 heterocycles. The number of benzene rings is 1. The number of piperazine rings is 1. The molecular weight excluding hydrogens is 254 g/mol. The van der Waals surface area contributed by atoms with Crippen LogP contribution < -0.4 is 10.6 Å². The zero-order chi connectivity index (χ0) is 14.4. The summed E-state index contributed by atoms with van der Waals surface area (Å²) in [5.74, 6) is -0.0135.